The largest absolute Gasteiger partial charge is 0.457 e. The summed E-state index contributed by atoms with van der Waals surface area (Å²) in [4.78, 5) is 23.5. The van der Waals surface area contributed by atoms with Gasteiger partial charge in [-0.25, -0.2) is 0 Å². The Kier molecular flexibility index (Phi) is 10.2. The average molecular weight is 466 g/mol. The molecule has 2 heterocycles. The van der Waals surface area contributed by atoms with E-state index in [0.717, 1.165) is 0 Å². The lowest BCUT2D eigenvalue weighted by atomic mass is 9.96. The predicted molar refractivity (Wildman–Crippen MR) is 105 cm³/mol. The second kappa shape index (κ2) is 12.2. The molecule has 0 aromatic heterocycles. The number of esters is 2. The number of rotatable bonds is 9. The van der Waals surface area contributed by atoms with Gasteiger partial charge in [0.25, 0.3) is 0 Å². The highest BCUT2D eigenvalue weighted by atomic mass is 16.8. The molecule has 0 aliphatic carbocycles. The summed E-state index contributed by atoms with van der Waals surface area (Å²) in [5, 5.41) is 10.2. The smallest absolute Gasteiger partial charge is 0.303 e. The van der Waals surface area contributed by atoms with E-state index in [-0.39, 0.29) is 6.61 Å². The van der Waals surface area contributed by atoms with E-state index in [0.29, 0.717) is 0 Å². The van der Waals surface area contributed by atoms with Crippen LogP contribution in [0, 0.1) is 0 Å². The topological polar surface area (TPSA) is 137 Å². The number of carbonyl (C=O) groups excluding carboxylic acids is 2. The molecular weight excluding hydrogens is 432 g/mol. The molecule has 32 heavy (non-hydrogen) atoms. The van der Waals surface area contributed by atoms with Crippen LogP contribution < -0.4 is 0 Å². The number of hydrogen-bond donors (Lipinski definition) is 1. The van der Waals surface area contributed by atoms with Crippen LogP contribution >= 0.6 is 0 Å². The highest BCUT2D eigenvalue weighted by Gasteiger charge is 2.54. The predicted octanol–water partition coefficient (Wildman–Crippen LogP) is -0.612. The van der Waals surface area contributed by atoms with Crippen LogP contribution in [0.5, 0.6) is 0 Å². The molecule has 0 aromatic rings. The molecule has 186 valence electrons. The van der Waals surface area contributed by atoms with Crippen LogP contribution in [-0.2, 0) is 52.2 Å². The highest BCUT2D eigenvalue weighted by Crippen LogP contribution is 2.33. The van der Waals surface area contributed by atoms with Crippen LogP contribution in [0.3, 0.4) is 0 Å². The monoisotopic (exact) mass is 466 g/mol. The molecule has 12 heteroatoms. The van der Waals surface area contributed by atoms with Crippen molar-refractivity contribution < 1.29 is 57.3 Å². The van der Waals surface area contributed by atoms with Gasteiger partial charge in [-0.1, -0.05) is 0 Å². The molecule has 10 atom stereocenters. The maximum atomic E-state index is 11.8. The fourth-order valence-electron chi connectivity index (χ4n) is 4.06. The number of carbonyl (C=O) groups is 2. The van der Waals surface area contributed by atoms with Crippen LogP contribution in [0.4, 0.5) is 0 Å². The third-order valence-electron chi connectivity index (χ3n) is 5.38. The number of methoxy groups -OCH3 is 4. The van der Waals surface area contributed by atoms with Crippen molar-refractivity contribution in [3.05, 3.63) is 0 Å². The van der Waals surface area contributed by atoms with Gasteiger partial charge in [0.1, 0.15) is 30.5 Å². The van der Waals surface area contributed by atoms with E-state index in [1.165, 1.54) is 42.3 Å². The molecule has 2 fully saturated rings. The van der Waals surface area contributed by atoms with E-state index >= 15 is 0 Å². The van der Waals surface area contributed by atoms with Gasteiger partial charge in [0.15, 0.2) is 24.8 Å². The normalized spacial score (nSPS) is 40.0. The quantitative estimate of drug-likeness (QED) is 0.434. The summed E-state index contributed by atoms with van der Waals surface area (Å²) in [6.45, 7) is 4.22. The molecule has 2 aliphatic rings. The highest BCUT2D eigenvalue weighted by molar-refractivity contribution is 5.67. The van der Waals surface area contributed by atoms with Gasteiger partial charge < -0.3 is 47.7 Å². The zero-order valence-corrected chi connectivity index (χ0v) is 19.4. The lowest BCUT2D eigenvalue weighted by molar-refractivity contribution is -0.357. The van der Waals surface area contributed by atoms with E-state index in [1.807, 2.05) is 0 Å². The zero-order chi connectivity index (χ0) is 24.0. The van der Waals surface area contributed by atoms with Crippen molar-refractivity contribution >= 4 is 11.9 Å². The first-order valence-corrected chi connectivity index (χ1v) is 10.2. The standard InChI is InChI=1S/C20H34O12/c1-9-13(15(25-5)17(27-7)19(23)28-9)32-20-18(30-11(3)22)16(26-6)14(29-10(2)21)12(31-20)8-24-4/h9,12-20,23H,8H2,1-7H3/t9-,12+,13-,14+,15+,16-,17+,18+,19+,20-/m0/s1. The summed E-state index contributed by atoms with van der Waals surface area (Å²) in [7, 11) is 5.72. The van der Waals surface area contributed by atoms with E-state index in [2.05, 4.69) is 0 Å². The van der Waals surface area contributed by atoms with Crippen LogP contribution in [0.2, 0.25) is 0 Å². The minimum atomic E-state index is -1.22. The lowest BCUT2D eigenvalue weighted by Crippen LogP contribution is -2.65. The molecule has 0 saturated carbocycles. The van der Waals surface area contributed by atoms with Crippen molar-refractivity contribution in [1.82, 2.24) is 0 Å². The van der Waals surface area contributed by atoms with Gasteiger partial charge in [0, 0.05) is 42.3 Å². The fraction of sp³-hybridized carbons (Fsp3) is 0.900. The molecule has 0 spiro atoms. The molecule has 2 aliphatic heterocycles. The maximum absolute atomic E-state index is 11.8. The Morgan fingerprint density at radius 2 is 1.31 bits per heavy atom. The van der Waals surface area contributed by atoms with Gasteiger partial charge >= 0.3 is 11.9 Å². The van der Waals surface area contributed by atoms with Crippen molar-refractivity contribution in [2.75, 3.05) is 35.0 Å². The van der Waals surface area contributed by atoms with Gasteiger partial charge in [-0.05, 0) is 6.92 Å². The first-order chi connectivity index (χ1) is 15.2. The number of hydrogen-bond acceptors (Lipinski definition) is 12. The Bertz CT molecular complexity index is 615. The van der Waals surface area contributed by atoms with Gasteiger partial charge in [-0.2, -0.15) is 0 Å². The summed E-state index contributed by atoms with van der Waals surface area (Å²) in [5.74, 6) is -1.17. The molecular formula is C20H34O12. The third kappa shape index (κ3) is 6.14. The minimum absolute atomic E-state index is 0.0499. The van der Waals surface area contributed by atoms with E-state index in [4.69, 9.17) is 42.6 Å². The van der Waals surface area contributed by atoms with Crippen molar-refractivity contribution in [3.63, 3.8) is 0 Å². The first kappa shape index (κ1) is 26.9. The average Bonchev–Trinajstić information content (AvgIpc) is 2.71. The Morgan fingerprint density at radius 1 is 0.781 bits per heavy atom. The SMILES string of the molecule is COC[C@H]1O[C@@H](O[C@@H]2[C@@H](OC)[C@@H](OC)[C@H](O)O[C@H]2C)[C@H](OC(C)=O)[C@@H](OC)[C@@H]1OC(C)=O. The number of aliphatic hydroxyl groups is 1. The zero-order valence-electron chi connectivity index (χ0n) is 19.4. The summed E-state index contributed by atoms with van der Waals surface area (Å²) < 4.78 is 50.2. The Labute approximate surface area is 187 Å². The van der Waals surface area contributed by atoms with Crippen LogP contribution in [0.1, 0.15) is 20.8 Å². The van der Waals surface area contributed by atoms with Gasteiger partial charge in [-0.15, -0.1) is 0 Å². The van der Waals surface area contributed by atoms with Crippen LogP contribution in [-0.4, -0.2) is 114 Å². The summed E-state index contributed by atoms with van der Waals surface area (Å²) in [6, 6.07) is 0. The molecule has 1 N–H and O–H groups in total. The summed E-state index contributed by atoms with van der Waals surface area (Å²) in [5.41, 5.74) is 0. The lowest BCUT2D eigenvalue weighted by Gasteiger charge is -2.48. The molecule has 0 aromatic carbocycles. The van der Waals surface area contributed by atoms with Gasteiger partial charge in [0.05, 0.1) is 12.7 Å². The van der Waals surface area contributed by atoms with E-state index in [9.17, 15) is 14.7 Å². The fourth-order valence-corrected chi connectivity index (χ4v) is 4.06. The molecule has 0 radical (unpaired) electrons. The number of ether oxygens (including phenoxy) is 9. The molecule has 12 nitrogen and oxygen atoms in total. The van der Waals surface area contributed by atoms with Gasteiger partial charge in [-0.3, -0.25) is 9.59 Å². The Balaban J connectivity index is 2.37. The van der Waals surface area contributed by atoms with Crippen molar-refractivity contribution in [1.29, 1.82) is 0 Å². The van der Waals surface area contributed by atoms with E-state index in [1.54, 1.807) is 6.92 Å². The minimum Gasteiger partial charge on any atom is -0.457 e. The molecule has 0 amide bonds. The second-order valence-electron chi connectivity index (χ2n) is 7.58. The summed E-state index contributed by atoms with van der Waals surface area (Å²) in [6.07, 6.45) is -9.05. The molecule has 0 bridgehead atoms. The second-order valence-corrected chi connectivity index (χ2v) is 7.58. The maximum Gasteiger partial charge on any atom is 0.303 e. The van der Waals surface area contributed by atoms with Crippen molar-refractivity contribution in [2.24, 2.45) is 0 Å². The molecule has 2 saturated heterocycles. The first-order valence-electron chi connectivity index (χ1n) is 10.2. The van der Waals surface area contributed by atoms with E-state index < -0.39 is 73.4 Å². The molecule has 2 rings (SSSR count). The van der Waals surface area contributed by atoms with Crippen LogP contribution in [0.25, 0.3) is 0 Å². The number of aliphatic hydroxyl groups excluding tert-OH is 1. The van der Waals surface area contributed by atoms with Gasteiger partial charge in [0.2, 0.25) is 0 Å². The van der Waals surface area contributed by atoms with Crippen molar-refractivity contribution in [2.45, 2.75) is 82.2 Å². The van der Waals surface area contributed by atoms with Crippen LogP contribution in [0.15, 0.2) is 0 Å². The Hall–Kier alpha value is -1.38. The third-order valence-corrected chi connectivity index (χ3v) is 5.38. The Morgan fingerprint density at radius 3 is 1.81 bits per heavy atom. The summed E-state index contributed by atoms with van der Waals surface area (Å²) >= 11 is 0. The van der Waals surface area contributed by atoms with Crippen molar-refractivity contribution in [3.8, 4) is 0 Å². The molecule has 0 unspecified atom stereocenters.